The van der Waals surface area contributed by atoms with Crippen molar-refractivity contribution < 1.29 is 18.6 Å². The van der Waals surface area contributed by atoms with Gasteiger partial charge in [0.15, 0.2) is 0 Å². The van der Waals surface area contributed by atoms with Crippen LogP contribution < -0.4 is 5.32 Å². The minimum atomic E-state index is -2.33. The first-order chi connectivity index (χ1) is 7.00. The maximum absolute atomic E-state index is 11.2. The lowest BCUT2D eigenvalue weighted by Crippen LogP contribution is -2.25. The molecule has 9 heteroatoms. The summed E-state index contributed by atoms with van der Waals surface area (Å²) in [6, 6.07) is 0. The Balaban J connectivity index is 2.47. The van der Waals surface area contributed by atoms with Crippen LogP contribution in [0.1, 0.15) is 0 Å². The van der Waals surface area contributed by atoms with E-state index in [0.29, 0.717) is 5.75 Å². The number of thioether (sulfide) groups is 1. The van der Waals surface area contributed by atoms with E-state index in [9.17, 15) is 9.59 Å². The van der Waals surface area contributed by atoms with Crippen molar-refractivity contribution in [3.05, 3.63) is 0 Å². The Morgan fingerprint density at radius 2 is 2.13 bits per heavy atom. The second-order valence-electron chi connectivity index (χ2n) is 2.49. The van der Waals surface area contributed by atoms with Crippen molar-refractivity contribution in [1.29, 1.82) is 0 Å². The summed E-state index contributed by atoms with van der Waals surface area (Å²) in [6.07, 6.45) is 0. The molecule has 86 valence electrons. The molecule has 15 heavy (non-hydrogen) atoms. The molecule has 0 bridgehead atoms. The average Bonchev–Trinajstić information content (AvgIpc) is 2.54. The zero-order chi connectivity index (χ0) is 11.5. The van der Waals surface area contributed by atoms with Crippen LogP contribution in [0.4, 0.5) is 4.79 Å². The van der Waals surface area contributed by atoms with Gasteiger partial charge in [-0.3, -0.25) is 14.9 Å². The molecule has 0 spiro atoms. The predicted molar refractivity (Wildman–Crippen MR) is 65.7 cm³/mol. The van der Waals surface area contributed by atoms with Crippen LogP contribution in [0.2, 0.25) is 0 Å². The lowest BCUT2D eigenvalue weighted by molar-refractivity contribution is -0.118. The van der Waals surface area contributed by atoms with Gasteiger partial charge in [0.1, 0.15) is 5.25 Å². The topological polar surface area (TPSA) is 64.6 Å². The van der Waals surface area contributed by atoms with E-state index >= 15 is 0 Å². The fourth-order valence-electron chi connectivity index (χ4n) is 0.842. The van der Waals surface area contributed by atoms with Crippen LogP contribution in [0.5, 0.6) is 0 Å². The zero-order valence-corrected chi connectivity index (χ0v) is 11.4. The van der Waals surface area contributed by atoms with Crippen molar-refractivity contribution in [2.75, 3.05) is 20.0 Å². The molecule has 0 aliphatic carbocycles. The molecule has 1 unspecified atom stereocenters. The molecule has 0 aromatic rings. The zero-order valence-electron chi connectivity index (χ0n) is 8.09. The molecular weight excluding hydrogens is 277 g/mol. The molecule has 1 N–H and O–H groups in total. The van der Waals surface area contributed by atoms with E-state index in [4.69, 9.17) is 20.9 Å². The smallest absolute Gasteiger partial charge is 0.286 e. The molecule has 1 saturated heterocycles. The number of hydrogen-bond donors (Lipinski definition) is 1. The van der Waals surface area contributed by atoms with E-state index in [1.807, 2.05) is 0 Å². The Bertz CT molecular complexity index is 315. The van der Waals surface area contributed by atoms with Gasteiger partial charge >= 0.3 is 0 Å². The number of carbonyl (C=O) groups is 2. The van der Waals surface area contributed by atoms with Crippen LogP contribution >= 0.6 is 28.8 Å². The predicted octanol–water partition coefficient (Wildman–Crippen LogP) is 1.59. The van der Waals surface area contributed by atoms with Gasteiger partial charge in [-0.1, -0.05) is 23.1 Å². The van der Waals surface area contributed by atoms with Crippen LogP contribution in [0.3, 0.4) is 0 Å². The van der Waals surface area contributed by atoms with Gasteiger partial charge in [0.05, 0.1) is 0 Å². The highest BCUT2D eigenvalue weighted by atomic mass is 32.9. The fourth-order valence-corrected chi connectivity index (χ4v) is 5.21. The molecular formula is C6H10NO4PS3. The lowest BCUT2D eigenvalue weighted by atomic mass is 10.4. The summed E-state index contributed by atoms with van der Waals surface area (Å²) in [5.74, 6) is 0.146. The Labute approximate surface area is 101 Å². The summed E-state index contributed by atoms with van der Waals surface area (Å²) >= 11 is 7.36. The molecule has 1 rings (SSSR count). The van der Waals surface area contributed by atoms with Gasteiger partial charge in [-0.05, 0) is 11.8 Å². The van der Waals surface area contributed by atoms with Crippen molar-refractivity contribution in [1.82, 2.24) is 5.32 Å². The molecule has 2 amide bonds. The lowest BCUT2D eigenvalue weighted by Gasteiger charge is -2.17. The van der Waals surface area contributed by atoms with Gasteiger partial charge in [-0.2, -0.15) is 0 Å². The number of amides is 2. The summed E-state index contributed by atoms with van der Waals surface area (Å²) in [5.41, 5.74) is -2.33. The third-order valence-corrected chi connectivity index (χ3v) is 8.62. The molecule has 0 radical (unpaired) electrons. The summed E-state index contributed by atoms with van der Waals surface area (Å²) < 4.78 is 10.1. The molecule has 1 heterocycles. The van der Waals surface area contributed by atoms with E-state index in [1.165, 1.54) is 25.6 Å². The van der Waals surface area contributed by atoms with Crippen molar-refractivity contribution in [2.45, 2.75) is 5.25 Å². The second kappa shape index (κ2) is 5.65. The van der Waals surface area contributed by atoms with Crippen LogP contribution in [0.15, 0.2) is 0 Å². The highest BCUT2D eigenvalue weighted by molar-refractivity contribution is 8.68. The minimum Gasteiger partial charge on any atom is -0.325 e. The molecule has 1 fully saturated rings. The Morgan fingerprint density at radius 1 is 1.53 bits per heavy atom. The number of carbonyl (C=O) groups excluding carboxylic acids is 2. The average molecular weight is 287 g/mol. The number of rotatable bonds is 5. The summed E-state index contributed by atoms with van der Waals surface area (Å²) in [4.78, 5) is 22.1. The SMILES string of the molecule is COP(=S)(OC)SCC1SC(=O)NC1=O. The van der Waals surface area contributed by atoms with E-state index in [-0.39, 0.29) is 11.1 Å². The van der Waals surface area contributed by atoms with Gasteiger partial charge in [-0.25, -0.2) is 0 Å². The minimum absolute atomic E-state index is 0.272. The third-order valence-electron chi connectivity index (χ3n) is 1.60. The quantitative estimate of drug-likeness (QED) is 0.770. The number of hydrogen-bond acceptors (Lipinski definition) is 7. The molecule has 1 aliphatic heterocycles. The Hall–Kier alpha value is 0.410. The van der Waals surface area contributed by atoms with Crippen molar-refractivity contribution in [3.8, 4) is 0 Å². The van der Waals surface area contributed by atoms with Gasteiger partial charge in [-0.15, -0.1) is 0 Å². The van der Waals surface area contributed by atoms with Crippen LogP contribution in [-0.4, -0.2) is 36.4 Å². The van der Waals surface area contributed by atoms with Gasteiger partial charge in [0.25, 0.3) is 5.24 Å². The molecule has 5 nitrogen and oxygen atoms in total. The van der Waals surface area contributed by atoms with Crippen molar-refractivity contribution in [2.24, 2.45) is 0 Å². The standard InChI is InChI=1S/C6H10NO4PS3/c1-10-12(13,11-2)14-3-4-5(8)7-6(9)15-4/h4H,3H2,1-2H3,(H,7,8,9). The van der Waals surface area contributed by atoms with Crippen molar-refractivity contribution >= 4 is 51.8 Å². The second-order valence-corrected chi connectivity index (χ2v) is 10.2. The van der Waals surface area contributed by atoms with Crippen molar-refractivity contribution in [3.63, 3.8) is 0 Å². The van der Waals surface area contributed by atoms with Gasteiger partial charge in [0, 0.05) is 20.0 Å². The monoisotopic (exact) mass is 287 g/mol. The molecule has 0 aromatic carbocycles. The first kappa shape index (κ1) is 13.5. The van der Waals surface area contributed by atoms with E-state index in [0.717, 1.165) is 11.8 Å². The molecule has 0 aromatic heterocycles. The number of imide groups is 1. The molecule has 0 saturated carbocycles. The molecule has 1 aliphatic rings. The van der Waals surface area contributed by atoms with Crippen LogP contribution in [0.25, 0.3) is 0 Å². The van der Waals surface area contributed by atoms with E-state index < -0.39 is 10.9 Å². The summed E-state index contributed by atoms with van der Waals surface area (Å²) in [7, 11) is 2.95. The van der Waals surface area contributed by atoms with Gasteiger partial charge in [0.2, 0.25) is 11.6 Å². The Morgan fingerprint density at radius 3 is 2.53 bits per heavy atom. The first-order valence-corrected chi connectivity index (χ1v) is 8.99. The summed E-state index contributed by atoms with van der Waals surface area (Å²) in [6.45, 7) is 0. The van der Waals surface area contributed by atoms with E-state index in [2.05, 4.69) is 5.32 Å². The Kier molecular flexibility index (Phi) is 5.08. The highest BCUT2D eigenvalue weighted by Gasteiger charge is 2.33. The van der Waals surface area contributed by atoms with Crippen LogP contribution in [-0.2, 0) is 25.6 Å². The number of nitrogens with one attached hydrogen (secondary N) is 1. The largest absolute Gasteiger partial charge is 0.325 e. The third kappa shape index (κ3) is 3.72. The maximum atomic E-state index is 11.2. The highest BCUT2D eigenvalue weighted by Crippen LogP contribution is 2.60. The van der Waals surface area contributed by atoms with Crippen LogP contribution in [0, 0.1) is 0 Å². The first-order valence-electron chi connectivity index (χ1n) is 3.88. The van der Waals surface area contributed by atoms with E-state index in [1.54, 1.807) is 0 Å². The fraction of sp³-hybridized carbons (Fsp3) is 0.667. The normalized spacial score (nSPS) is 21.9. The van der Waals surface area contributed by atoms with Gasteiger partial charge < -0.3 is 9.05 Å². The summed E-state index contributed by atoms with van der Waals surface area (Å²) in [5, 5.41) is 1.50. The maximum Gasteiger partial charge on any atom is 0.286 e. The molecule has 1 atom stereocenters.